The minimum atomic E-state index is 0.119. The van der Waals surface area contributed by atoms with Crippen molar-refractivity contribution in [3.05, 3.63) is 36.2 Å². The normalized spacial score (nSPS) is 11.2. The van der Waals surface area contributed by atoms with Gasteiger partial charge in [-0.1, -0.05) is 6.08 Å². The molecule has 18 heavy (non-hydrogen) atoms. The third kappa shape index (κ3) is 2.51. The van der Waals surface area contributed by atoms with Crippen LogP contribution in [0.3, 0.4) is 0 Å². The standard InChI is InChI=1S/C14H15N3O/c1-10(2)18-12-6-8-16-14-13(12)11(9-17-14)5-3-4-7-15/h3-4,6,8-10H,5H2,1-2H3,(H,16,17)/b4-3+. The molecular weight excluding hydrogens is 226 g/mol. The molecule has 0 aliphatic heterocycles. The zero-order valence-corrected chi connectivity index (χ0v) is 10.5. The van der Waals surface area contributed by atoms with Crippen LogP contribution in [-0.2, 0) is 6.42 Å². The fourth-order valence-electron chi connectivity index (χ4n) is 1.84. The quantitative estimate of drug-likeness (QED) is 0.837. The minimum absolute atomic E-state index is 0.119. The molecule has 0 spiro atoms. The van der Waals surface area contributed by atoms with E-state index in [0.717, 1.165) is 22.3 Å². The van der Waals surface area contributed by atoms with Gasteiger partial charge in [0.1, 0.15) is 11.4 Å². The predicted molar refractivity (Wildman–Crippen MR) is 70.3 cm³/mol. The van der Waals surface area contributed by atoms with Gasteiger partial charge in [-0.25, -0.2) is 4.98 Å². The molecule has 0 unspecified atom stereocenters. The Balaban J connectivity index is 2.42. The molecule has 4 nitrogen and oxygen atoms in total. The van der Waals surface area contributed by atoms with Crippen LogP contribution in [0.2, 0.25) is 0 Å². The maximum Gasteiger partial charge on any atom is 0.141 e. The Morgan fingerprint density at radius 3 is 3.11 bits per heavy atom. The summed E-state index contributed by atoms with van der Waals surface area (Å²) in [5.41, 5.74) is 1.90. The summed E-state index contributed by atoms with van der Waals surface area (Å²) >= 11 is 0. The highest BCUT2D eigenvalue weighted by Gasteiger charge is 2.10. The molecule has 0 bridgehead atoms. The van der Waals surface area contributed by atoms with Gasteiger partial charge in [-0.05, 0) is 31.9 Å². The number of fused-ring (bicyclic) bond motifs is 1. The number of nitrogens with one attached hydrogen (secondary N) is 1. The van der Waals surface area contributed by atoms with Gasteiger partial charge >= 0.3 is 0 Å². The van der Waals surface area contributed by atoms with E-state index in [9.17, 15) is 0 Å². The van der Waals surface area contributed by atoms with Gasteiger partial charge in [0.25, 0.3) is 0 Å². The molecule has 0 aliphatic rings. The van der Waals surface area contributed by atoms with Crippen molar-refractivity contribution in [1.29, 1.82) is 5.26 Å². The van der Waals surface area contributed by atoms with Crippen LogP contribution in [0, 0.1) is 11.3 Å². The number of pyridine rings is 1. The van der Waals surface area contributed by atoms with E-state index < -0.39 is 0 Å². The Kier molecular flexibility index (Phi) is 3.63. The molecule has 0 atom stereocenters. The number of hydrogen-bond acceptors (Lipinski definition) is 3. The SMILES string of the molecule is CC(C)Oc1ccnc2[nH]cc(C/C=C/C#N)c12. The zero-order valence-electron chi connectivity index (χ0n) is 10.5. The number of H-pyrrole nitrogens is 1. The smallest absolute Gasteiger partial charge is 0.141 e. The molecule has 4 heteroatoms. The maximum absolute atomic E-state index is 8.50. The van der Waals surface area contributed by atoms with Crippen molar-refractivity contribution in [2.24, 2.45) is 0 Å². The number of rotatable bonds is 4. The lowest BCUT2D eigenvalue weighted by atomic mass is 10.1. The molecular formula is C14H15N3O. The lowest BCUT2D eigenvalue weighted by molar-refractivity contribution is 0.245. The average molecular weight is 241 g/mol. The van der Waals surface area contributed by atoms with Gasteiger partial charge in [0.15, 0.2) is 0 Å². The molecule has 0 amide bonds. The van der Waals surface area contributed by atoms with Crippen molar-refractivity contribution in [2.45, 2.75) is 26.4 Å². The molecule has 2 aromatic heterocycles. The Bertz CT molecular complexity index is 605. The van der Waals surface area contributed by atoms with Crippen LogP contribution >= 0.6 is 0 Å². The number of nitrogens with zero attached hydrogens (tertiary/aromatic N) is 2. The molecule has 1 N–H and O–H groups in total. The molecule has 0 aromatic carbocycles. The summed E-state index contributed by atoms with van der Waals surface area (Å²) in [6.07, 6.45) is 7.76. The highest BCUT2D eigenvalue weighted by atomic mass is 16.5. The van der Waals surface area contributed by atoms with E-state index >= 15 is 0 Å². The van der Waals surface area contributed by atoms with Gasteiger partial charge in [-0.2, -0.15) is 5.26 Å². The summed E-state index contributed by atoms with van der Waals surface area (Å²) in [6, 6.07) is 3.86. The zero-order chi connectivity index (χ0) is 13.0. The van der Waals surface area contributed by atoms with Gasteiger partial charge in [0.05, 0.1) is 17.6 Å². The highest BCUT2D eigenvalue weighted by molar-refractivity contribution is 5.86. The first kappa shape index (κ1) is 12.2. The van der Waals surface area contributed by atoms with Crippen LogP contribution in [0.25, 0.3) is 11.0 Å². The van der Waals surface area contributed by atoms with Crippen molar-refractivity contribution < 1.29 is 4.74 Å². The summed E-state index contributed by atoms with van der Waals surface area (Å²) in [5, 5.41) is 9.49. The summed E-state index contributed by atoms with van der Waals surface area (Å²) < 4.78 is 5.78. The number of aromatic amines is 1. The number of hydrogen-bond donors (Lipinski definition) is 1. The molecule has 2 aromatic rings. The van der Waals surface area contributed by atoms with Gasteiger partial charge in [0.2, 0.25) is 0 Å². The van der Waals surface area contributed by atoms with Gasteiger partial charge < -0.3 is 9.72 Å². The number of allylic oxidation sites excluding steroid dienone is 2. The second-order valence-electron chi connectivity index (χ2n) is 4.25. The van der Waals surface area contributed by atoms with Crippen LogP contribution in [0.5, 0.6) is 5.75 Å². The molecule has 2 heterocycles. The summed E-state index contributed by atoms with van der Waals surface area (Å²) in [7, 11) is 0. The fourth-order valence-corrected chi connectivity index (χ4v) is 1.84. The maximum atomic E-state index is 8.50. The second kappa shape index (κ2) is 5.37. The third-order valence-electron chi connectivity index (χ3n) is 2.51. The Labute approximate surface area is 106 Å². The Morgan fingerprint density at radius 1 is 1.56 bits per heavy atom. The van der Waals surface area contributed by atoms with E-state index in [1.54, 1.807) is 6.20 Å². The number of ether oxygens (including phenoxy) is 1. The molecule has 0 saturated heterocycles. The summed E-state index contributed by atoms with van der Waals surface area (Å²) in [6.45, 7) is 3.99. The van der Waals surface area contributed by atoms with E-state index in [4.69, 9.17) is 10.00 Å². The molecule has 2 rings (SSSR count). The van der Waals surface area contributed by atoms with E-state index in [2.05, 4.69) is 9.97 Å². The Morgan fingerprint density at radius 2 is 2.39 bits per heavy atom. The van der Waals surface area contributed by atoms with E-state index in [-0.39, 0.29) is 6.10 Å². The molecule has 0 aliphatic carbocycles. The Hall–Kier alpha value is -2.28. The van der Waals surface area contributed by atoms with Crippen LogP contribution in [-0.4, -0.2) is 16.1 Å². The van der Waals surface area contributed by atoms with E-state index in [0.29, 0.717) is 6.42 Å². The lowest BCUT2D eigenvalue weighted by Crippen LogP contribution is -2.06. The van der Waals surface area contributed by atoms with E-state index in [1.807, 2.05) is 38.3 Å². The number of nitriles is 1. The van der Waals surface area contributed by atoms with Crippen LogP contribution in [0.15, 0.2) is 30.6 Å². The van der Waals surface area contributed by atoms with E-state index in [1.165, 1.54) is 6.08 Å². The molecule has 0 fully saturated rings. The van der Waals surface area contributed by atoms with Gasteiger partial charge in [0, 0.05) is 18.5 Å². The van der Waals surface area contributed by atoms with Crippen LogP contribution in [0.1, 0.15) is 19.4 Å². The van der Waals surface area contributed by atoms with Gasteiger partial charge in [-0.15, -0.1) is 0 Å². The predicted octanol–water partition coefficient (Wildman–Crippen LogP) is 2.97. The van der Waals surface area contributed by atoms with Crippen LogP contribution < -0.4 is 4.74 Å². The topological polar surface area (TPSA) is 61.7 Å². The molecule has 92 valence electrons. The molecule has 0 saturated carbocycles. The second-order valence-corrected chi connectivity index (χ2v) is 4.25. The van der Waals surface area contributed by atoms with Crippen molar-refractivity contribution in [3.8, 4) is 11.8 Å². The fraction of sp³-hybridized carbons (Fsp3) is 0.286. The van der Waals surface area contributed by atoms with Crippen molar-refractivity contribution in [2.75, 3.05) is 0 Å². The highest BCUT2D eigenvalue weighted by Crippen LogP contribution is 2.28. The van der Waals surface area contributed by atoms with Crippen molar-refractivity contribution in [3.63, 3.8) is 0 Å². The largest absolute Gasteiger partial charge is 0.490 e. The minimum Gasteiger partial charge on any atom is -0.490 e. The molecule has 0 radical (unpaired) electrons. The van der Waals surface area contributed by atoms with Crippen molar-refractivity contribution in [1.82, 2.24) is 9.97 Å². The number of aromatic nitrogens is 2. The van der Waals surface area contributed by atoms with Gasteiger partial charge in [-0.3, -0.25) is 0 Å². The van der Waals surface area contributed by atoms with Crippen LogP contribution in [0.4, 0.5) is 0 Å². The average Bonchev–Trinajstić information content (AvgIpc) is 2.73. The first-order valence-electron chi connectivity index (χ1n) is 5.88. The first-order chi connectivity index (χ1) is 8.72. The first-order valence-corrected chi connectivity index (χ1v) is 5.88. The third-order valence-corrected chi connectivity index (χ3v) is 2.51. The lowest BCUT2D eigenvalue weighted by Gasteiger charge is -2.11. The van der Waals surface area contributed by atoms with Crippen molar-refractivity contribution >= 4 is 11.0 Å². The monoisotopic (exact) mass is 241 g/mol. The summed E-state index contributed by atoms with van der Waals surface area (Å²) in [4.78, 5) is 7.39. The summed E-state index contributed by atoms with van der Waals surface area (Å²) in [5.74, 6) is 0.830.